The zero-order valence-corrected chi connectivity index (χ0v) is 17.6. The number of carbonyl (C=O) groups excluding carboxylic acids is 1. The van der Waals surface area contributed by atoms with Crippen LogP contribution < -0.4 is 25.1 Å². The minimum absolute atomic E-state index is 0.205. The summed E-state index contributed by atoms with van der Waals surface area (Å²) in [5.74, 6) is 1.86. The molecule has 1 amide bonds. The van der Waals surface area contributed by atoms with Crippen LogP contribution in [-0.4, -0.2) is 35.6 Å². The molecule has 8 heteroatoms. The number of aromatic nitrogens is 2. The van der Waals surface area contributed by atoms with E-state index in [-0.39, 0.29) is 31.3 Å². The van der Waals surface area contributed by atoms with Crippen molar-refractivity contribution in [3.63, 3.8) is 0 Å². The number of rotatable bonds is 8. The molecule has 0 aliphatic carbocycles. The van der Waals surface area contributed by atoms with Crippen LogP contribution in [0.25, 0.3) is 17.3 Å². The second kappa shape index (κ2) is 9.82. The Labute approximate surface area is 185 Å². The first kappa shape index (κ1) is 21.2. The summed E-state index contributed by atoms with van der Waals surface area (Å²) in [6.45, 7) is 3.25. The first-order valence-electron chi connectivity index (χ1n) is 10.3. The third kappa shape index (κ3) is 5.15. The van der Waals surface area contributed by atoms with Crippen molar-refractivity contribution in [2.45, 2.75) is 13.5 Å². The van der Waals surface area contributed by atoms with E-state index in [1.807, 2.05) is 43.3 Å². The number of amides is 1. The Hall–Kier alpha value is -4.07. The van der Waals surface area contributed by atoms with E-state index in [1.54, 1.807) is 18.2 Å². The number of hydrogen-bond donors (Lipinski definition) is 1. The molecular formula is C24H23N3O5. The maximum absolute atomic E-state index is 12.2. The highest BCUT2D eigenvalue weighted by atomic mass is 16.7. The van der Waals surface area contributed by atoms with Gasteiger partial charge in [0.15, 0.2) is 11.5 Å². The van der Waals surface area contributed by atoms with Crippen LogP contribution in [0.4, 0.5) is 0 Å². The Kier molecular flexibility index (Phi) is 6.50. The molecule has 0 atom stereocenters. The van der Waals surface area contributed by atoms with Crippen LogP contribution >= 0.6 is 0 Å². The molecule has 0 fully saturated rings. The molecule has 164 valence electrons. The summed E-state index contributed by atoms with van der Waals surface area (Å²) in [5.41, 5.74) is 2.13. The molecule has 0 unspecified atom stereocenters. The number of nitrogens with zero attached hydrogens (tertiary/aromatic N) is 2. The molecular weight excluding hydrogens is 410 g/mol. The molecule has 0 bridgehead atoms. The van der Waals surface area contributed by atoms with E-state index < -0.39 is 0 Å². The molecule has 1 N–H and O–H groups in total. The van der Waals surface area contributed by atoms with Crippen molar-refractivity contribution in [2.75, 3.05) is 19.9 Å². The summed E-state index contributed by atoms with van der Waals surface area (Å²) >= 11 is 0. The van der Waals surface area contributed by atoms with Gasteiger partial charge in [-0.15, -0.1) is 0 Å². The van der Waals surface area contributed by atoms with Gasteiger partial charge in [0.2, 0.25) is 12.7 Å². The van der Waals surface area contributed by atoms with Gasteiger partial charge in [0, 0.05) is 24.3 Å². The summed E-state index contributed by atoms with van der Waals surface area (Å²) < 4.78 is 17.4. The monoisotopic (exact) mass is 433 g/mol. The summed E-state index contributed by atoms with van der Waals surface area (Å²) in [4.78, 5) is 24.3. The third-order valence-electron chi connectivity index (χ3n) is 4.77. The highest BCUT2D eigenvalue weighted by Crippen LogP contribution is 2.32. The van der Waals surface area contributed by atoms with Crippen molar-refractivity contribution in [2.24, 2.45) is 0 Å². The van der Waals surface area contributed by atoms with Crippen LogP contribution in [0.3, 0.4) is 0 Å². The summed E-state index contributed by atoms with van der Waals surface area (Å²) in [5, 5.41) is 7.17. The zero-order valence-electron chi connectivity index (χ0n) is 17.6. The van der Waals surface area contributed by atoms with Crippen molar-refractivity contribution < 1.29 is 19.0 Å². The van der Waals surface area contributed by atoms with Crippen LogP contribution in [0.15, 0.2) is 65.5 Å². The lowest BCUT2D eigenvalue weighted by Crippen LogP contribution is -2.31. The fraction of sp³-hybridized carbons (Fsp3) is 0.208. The van der Waals surface area contributed by atoms with Crippen LogP contribution in [0, 0.1) is 0 Å². The Morgan fingerprint density at radius 1 is 1.12 bits per heavy atom. The molecule has 8 nitrogen and oxygen atoms in total. The molecule has 0 saturated heterocycles. The number of nitrogens with one attached hydrogen (secondary N) is 1. The Morgan fingerprint density at radius 2 is 1.94 bits per heavy atom. The SMILES string of the molecule is CCOc1ccc(-c2ccc(=O)n(CCNC(=O)/C=C/c3ccc4c(c3)OCO4)n2)cc1. The maximum Gasteiger partial charge on any atom is 0.266 e. The maximum atomic E-state index is 12.2. The molecule has 4 rings (SSSR count). The minimum atomic E-state index is -0.265. The first-order chi connectivity index (χ1) is 15.6. The van der Waals surface area contributed by atoms with Crippen molar-refractivity contribution >= 4 is 12.0 Å². The molecule has 2 aromatic carbocycles. The predicted octanol–water partition coefficient (Wildman–Crippen LogP) is 2.87. The Morgan fingerprint density at radius 3 is 2.75 bits per heavy atom. The zero-order chi connectivity index (χ0) is 22.3. The fourth-order valence-electron chi connectivity index (χ4n) is 3.18. The second-order valence-electron chi connectivity index (χ2n) is 6.97. The largest absolute Gasteiger partial charge is 0.494 e. The summed E-state index contributed by atoms with van der Waals surface area (Å²) in [6, 6.07) is 16.1. The number of ether oxygens (including phenoxy) is 3. The molecule has 3 aromatic rings. The van der Waals surface area contributed by atoms with E-state index in [0.29, 0.717) is 23.8 Å². The minimum Gasteiger partial charge on any atom is -0.494 e. The summed E-state index contributed by atoms with van der Waals surface area (Å²) in [7, 11) is 0. The number of benzene rings is 2. The lowest BCUT2D eigenvalue weighted by molar-refractivity contribution is -0.116. The van der Waals surface area contributed by atoms with Gasteiger partial charge in [-0.3, -0.25) is 9.59 Å². The van der Waals surface area contributed by atoms with E-state index in [1.165, 1.54) is 16.8 Å². The standard InChI is InChI=1S/C24H23N3O5/c1-2-30-19-7-5-18(6-8-19)20-9-12-24(29)27(26-20)14-13-25-23(28)11-4-17-3-10-21-22(15-17)32-16-31-21/h3-12,15H,2,13-14,16H2,1H3,(H,25,28)/b11-4+. The van der Waals surface area contributed by atoms with Gasteiger partial charge in [0.25, 0.3) is 5.56 Å². The molecule has 1 aliphatic heterocycles. The molecule has 32 heavy (non-hydrogen) atoms. The average Bonchev–Trinajstić information content (AvgIpc) is 3.28. The molecule has 0 saturated carbocycles. The third-order valence-corrected chi connectivity index (χ3v) is 4.77. The topological polar surface area (TPSA) is 91.7 Å². The molecule has 0 spiro atoms. The Bertz CT molecular complexity index is 1180. The van der Waals surface area contributed by atoms with E-state index in [0.717, 1.165) is 16.9 Å². The van der Waals surface area contributed by atoms with Gasteiger partial charge >= 0.3 is 0 Å². The van der Waals surface area contributed by atoms with E-state index >= 15 is 0 Å². The molecule has 1 aromatic heterocycles. The fourth-order valence-corrected chi connectivity index (χ4v) is 3.18. The van der Waals surface area contributed by atoms with E-state index in [2.05, 4.69) is 10.4 Å². The van der Waals surface area contributed by atoms with Crippen molar-refractivity contribution in [1.82, 2.24) is 15.1 Å². The van der Waals surface area contributed by atoms with Crippen LogP contribution in [0.1, 0.15) is 12.5 Å². The van der Waals surface area contributed by atoms with E-state index in [4.69, 9.17) is 14.2 Å². The van der Waals surface area contributed by atoms with Gasteiger partial charge in [-0.25, -0.2) is 4.68 Å². The normalized spacial score (nSPS) is 12.2. The lowest BCUT2D eigenvalue weighted by Gasteiger charge is -2.08. The highest BCUT2D eigenvalue weighted by molar-refractivity contribution is 5.91. The van der Waals surface area contributed by atoms with Gasteiger partial charge < -0.3 is 19.5 Å². The number of fused-ring (bicyclic) bond motifs is 1. The van der Waals surface area contributed by atoms with E-state index in [9.17, 15) is 9.59 Å². The van der Waals surface area contributed by atoms with Gasteiger partial charge in [0.05, 0.1) is 18.8 Å². The summed E-state index contributed by atoms with van der Waals surface area (Å²) in [6.07, 6.45) is 3.12. The van der Waals surface area contributed by atoms with Gasteiger partial charge in [-0.1, -0.05) is 6.07 Å². The van der Waals surface area contributed by atoms with Crippen molar-refractivity contribution in [1.29, 1.82) is 0 Å². The number of hydrogen-bond acceptors (Lipinski definition) is 6. The van der Waals surface area contributed by atoms with Gasteiger partial charge in [-0.05, 0) is 61.0 Å². The predicted molar refractivity (Wildman–Crippen MR) is 120 cm³/mol. The second-order valence-corrected chi connectivity index (χ2v) is 6.97. The van der Waals surface area contributed by atoms with Crippen LogP contribution in [0.2, 0.25) is 0 Å². The quantitative estimate of drug-likeness (QED) is 0.550. The highest BCUT2D eigenvalue weighted by Gasteiger charge is 2.12. The number of carbonyl (C=O) groups is 1. The van der Waals surface area contributed by atoms with Crippen LogP contribution in [-0.2, 0) is 11.3 Å². The first-order valence-corrected chi connectivity index (χ1v) is 10.3. The van der Waals surface area contributed by atoms with Crippen molar-refractivity contribution in [3.05, 3.63) is 76.6 Å². The van der Waals surface area contributed by atoms with Gasteiger partial charge in [0.1, 0.15) is 5.75 Å². The Balaban J connectivity index is 1.33. The molecule has 2 heterocycles. The molecule has 1 aliphatic rings. The molecule has 0 radical (unpaired) electrons. The average molecular weight is 433 g/mol. The van der Waals surface area contributed by atoms with Crippen LogP contribution in [0.5, 0.6) is 17.2 Å². The lowest BCUT2D eigenvalue weighted by atomic mass is 10.1. The smallest absolute Gasteiger partial charge is 0.266 e. The van der Waals surface area contributed by atoms with Crippen molar-refractivity contribution in [3.8, 4) is 28.5 Å². The van der Waals surface area contributed by atoms with Gasteiger partial charge in [-0.2, -0.15) is 5.10 Å².